The number of ether oxygens (including phenoxy) is 1. The van der Waals surface area contributed by atoms with Crippen molar-refractivity contribution in [1.82, 2.24) is 20.2 Å². The van der Waals surface area contributed by atoms with Crippen LogP contribution in [0.2, 0.25) is 0 Å². The average molecular weight is 555 g/mol. The third kappa shape index (κ3) is 13.0. The normalized spacial score (nSPS) is 11.0. The van der Waals surface area contributed by atoms with Gasteiger partial charge in [-0.05, 0) is 107 Å². The molecule has 7 nitrogen and oxygen atoms in total. The lowest BCUT2D eigenvalue weighted by Crippen LogP contribution is -2.32. The van der Waals surface area contributed by atoms with Crippen LogP contribution in [0, 0.1) is 12.8 Å². The van der Waals surface area contributed by atoms with E-state index in [1.807, 2.05) is 64.4 Å². The molecular formula is C33H54N4O3. The van der Waals surface area contributed by atoms with Crippen molar-refractivity contribution in [2.75, 3.05) is 19.7 Å². The summed E-state index contributed by atoms with van der Waals surface area (Å²) in [6.07, 6.45) is 7.45. The Morgan fingerprint density at radius 3 is 2.45 bits per heavy atom. The fourth-order valence-corrected chi connectivity index (χ4v) is 4.00. The van der Waals surface area contributed by atoms with Crippen LogP contribution in [0.5, 0.6) is 0 Å². The summed E-state index contributed by atoms with van der Waals surface area (Å²) in [5, 5.41) is 19.5. The monoisotopic (exact) mass is 554 g/mol. The molecular weight excluding hydrogens is 500 g/mol. The summed E-state index contributed by atoms with van der Waals surface area (Å²) >= 11 is 0. The Morgan fingerprint density at radius 1 is 1.12 bits per heavy atom. The van der Waals surface area contributed by atoms with Gasteiger partial charge in [-0.3, -0.25) is 0 Å². The van der Waals surface area contributed by atoms with E-state index in [1.165, 1.54) is 18.5 Å². The smallest absolute Gasteiger partial charge is 0.407 e. The molecule has 0 fully saturated rings. The molecule has 3 N–H and O–H groups in total. The minimum absolute atomic E-state index is 0.227. The Balaban J connectivity index is 0.000000689. The maximum absolute atomic E-state index is 11.9. The van der Waals surface area contributed by atoms with Crippen LogP contribution >= 0.6 is 0 Å². The molecule has 0 radical (unpaired) electrons. The standard InChI is InChI=1S/C24H31N3O3.C7H17N.C2H6/c1-17-13-19(8-9-20(17)15-25-23(29)30-24(2,3)4)21-10-11-26-27-16-18(14-22(21)27)7-5-6-12-28;1-4-8-6-5-7(2)3;1-2/h8-11,13-14,16,28H,5-7,12,15H2,1-4H3,(H,25,29);7-8H,4-6H2,1-3H3;1-2H3. The number of nitrogens with zero attached hydrogens (tertiary/aromatic N) is 2. The van der Waals surface area contributed by atoms with Crippen LogP contribution in [0.4, 0.5) is 4.79 Å². The summed E-state index contributed by atoms with van der Waals surface area (Å²) < 4.78 is 7.22. The van der Waals surface area contributed by atoms with Crippen molar-refractivity contribution in [3.05, 3.63) is 59.4 Å². The first kappa shape index (κ1) is 35.1. The van der Waals surface area contributed by atoms with E-state index in [0.717, 1.165) is 59.5 Å². The molecule has 0 saturated heterocycles. The van der Waals surface area contributed by atoms with Gasteiger partial charge in [-0.15, -0.1) is 0 Å². The van der Waals surface area contributed by atoms with E-state index in [4.69, 9.17) is 9.84 Å². The molecule has 40 heavy (non-hydrogen) atoms. The number of aliphatic hydroxyl groups excluding tert-OH is 1. The van der Waals surface area contributed by atoms with Gasteiger partial charge in [0.05, 0.1) is 5.52 Å². The molecule has 224 valence electrons. The van der Waals surface area contributed by atoms with Crippen LogP contribution in [0.25, 0.3) is 16.6 Å². The molecule has 2 heterocycles. The maximum atomic E-state index is 11.9. The highest BCUT2D eigenvalue weighted by Gasteiger charge is 2.16. The predicted octanol–water partition coefficient (Wildman–Crippen LogP) is 7.32. The summed E-state index contributed by atoms with van der Waals surface area (Å²) in [5.74, 6) is 0.842. The fraction of sp³-hybridized carbons (Fsp3) is 0.576. The molecule has 0 saturated carbocycles. The lowest BCUT2D eigenvalue weighted by molar-refractivity contribution is 0.0523. The molecule has 1 amide bonds. The van der Waals surface area contributed by atoms with Crippen molar-refractivity contribution < 1.29 is 14.6 Å². The highest BCUT2D eigenvalue weighted by atomic mass is 16.6. The van der Waals surface area contributed by atoms with Gasteiger partial charge >= 0.3 is 6.09 Å². The molecule has 7 heteroatoms. The Hall–Kier alpha value is -2.90. The van der Waals surface area contributed by atoms with Crippen molar-refractivity contribution in [3.63, 3.8) is 0 Å². The molecule has 3 aromatic rings. The lowest BCUT2D eigenvalue weighted by atomic mass is 9.99. The van der Waals surface area contributed by atoms with Crippen LogP contribution in [0.3, 0.4) is 0 Å². The van der Waals surface area contributed by atoms with E-state index in [9.17, 15) is 4.79 Å². The van der Waals surface area contributed by atoms with Crippen molar-refractivity contribution in [2.24, 2.45) is 5.92 Å². The van der Waals surface area contributed by atoms with Crippen molar-refractivity contribution in [1.29, 1.82) is 0 Å². The van der Waals surface area contributed by atoms with E-state index in [1.54, 1.807) is 0 Å². The molecule has 0 spiro atoms. The number of aromatic nitrogens is 2. The van der Waals surface area contributed by atoms with E-state index in [-0.39, 0.29) is 6.61 Å². The average Bonchev–Trinajstić information content (AvgIpc) is 3.32. The van der Waals surface area contributed by atoms with Gasteiger partial charge in [0.1, 0.15) is 5.60 Å². The Morgan fingerprint density at radius 2 is 1.85 bits per heavy atom. The van der Waals surface area contributed by atoms with Crippen LogP contribution in [0.15, 0.2) is 42.7 Å². The number of unbranched alkanes of at least 4 members (excludes halogenated alkanes) is 1. The molecule has 0 aliphatic heterocycles. The number of benzene rings is 1. The van der Waals surface area contributed by atoms with Gasteiger partial charge in [0.2, 0.25) is 0 Å². The minimum atomic E-state index is -0.510. The predicted molar refractivity (Wildman–Crippen MR) is 168 cm³/mol. The largest absolute Gasteiger partial charge is 0.444 e. The summed E-state index contributed by atoms with van der Waals surface area (Å²) in [6.45, 7) is 21.2. The number of amides is 1. The fourth-order valence-electron chi connectivity index (χ4n) is 4.00. The molecule has 0 unspecified atom stereocenters. The SMILES string of the molecule is CC.CCNCCC(C)C.Cc1cc(-c2ccnn3cc(CCCCO)cc23)ccc1CNC(=O)OC(C)(C)C. The molecule has 1 aromatic carbocycles. The number of fused-ring (bicyclic) bond motifs is 1. The Kier molecular flexibility index (Phi) is 16.2. The van der Waals surface area contributed by atoms with Gasteiger partial charge in [-0.2, -0.15) is 5.10 Å². The lowest BCUT2D eigenvalue weighted by Gasteiger charge is -2.20. The quantitative estimate of drug-likeness (QED) is 0.216. The van der Waals surface area contributed by atoms with Gasteiger partial charge in [-0.25, -0.2) is 9.31 Å². The van der Waals surface area contributed by atoms with Crippen molar-refractivity contribution in [3.8, 4) is 11.1 Å². The number of nitrogens with one attached hydrogen (secondary N) is 2. The number of aliphatic hydroxyl groups is 1. The summed E-state index contributed by atoms with van der Waals surface area (Å²) in [6, 6.07) is 10.5. The van der Waals surface area contributed by atoms with Crippen molar-refractivity contribution >= 4 is 11.6 Å². The van der Waals surface area contributed by atoms with E-state index in [2.05, 4.69) is 60.9 Å². The van der Waals surface area contributed by atoms with Crippen molar-refractivity contribution in [2.45, 2.75) is 100 Å². The van der Waals surface area contributed by atoms with Gasteiger partial charge in [0.25, 0.3) is 0 Å². The number of hydrogen-bond acceptors (Lipinski definition) is 5. The summed E-state index contributed by atoms with van der Waals surface area (Å²) in [4.78, 5) is 11.9. The molecule has 3 rings (SSSR count). The van der Waals surface area contributed by atoms with Gasteiger partial charge in [-0.1, -0.05) is 52.8 Å². The second-order valence-corrected chi connectivity index (χ2v) is 11.1. The first-order chi connectivity index (χ1) is 19.0. The van der Waals surface area contributed by atoms with E-state index >= 15 is 0 Å². The zero-order valence-electron chi connectivity index (χ0n) is 26.4. The molecule has 2 aromatic heterocycles. The molecule has 0 atom stereocenters. The first-order valence-electron chi connectivity index (χ1n) is 14.9. The topological polar surface area (TPSA) is 87.9 Å². The molecule has 0 bridgehead atoms. The number of carbonyl (C=O) groups is 1. The highest BCUT2D eigenvalue weighted by Crippen LogP contribution is 2.27. The summed E-state index contributed by atoms with van der Waals surface area (Å²) in [5.41, 5.74) is 6.16. The molecule has 0 aliphatic rings. The zero-order valence-corrected chi connectivity index (χ0v) is 26.4. The van der Waals surface area contributed by atoms with Crippen LogP contribution in [-0.2, 0) is 17.7 Å². The maximum Gasteiger partial charge on any atom is 0.407 e. The van der Waals surface area contributed by atoms with Crippen LogP contribution in [0.1, 0.15) is 91.3 Å². The number of aryl methyl sites for hydroxylation is 2. The third-order valence-electron chi connectivity index (χ3n) is 6.06. The summed E-state index contributed by atoms with van der Waals surface area (Å²) in [7, 11) is 0. The minimum Gasteiger partial charge on any atom is -0.444 e. The number of carbonyl (C=O) groups excluding carboxylic acids is 1. The first-order valence-corrected chi connectivity index (χ1v) is 14.9. The second kappa shape index (κ2) is 18.4. The van der Waals surface area contributed by atoms with E-state index < -0.39 is 11.7 Å². The van der Waals surface area contributed by atoms with Gasteiger partial charge < -0.3 is 20.5 Å². The number of hydrogen-bond donors (Lipinski definition) is 3. The van der Waals surface area contributed by atoms with Crippen LogP contribution < -0.4 is 10.6 Å². The number of rotatable bonds is 11. The van der Waals surface area contributed by atoms with E-state index in [0.29, 0.717) is 6.54 Å². The second-order valence-electron chi connectivity index (χ2n) is 11.1. The Bertz CT molecular complexity index is 1130. The Labute approximate surface area is 242 Å². The number of alkyl carbamates (subject to hydrolysis) is 1. The van der Waals surface area contributed by atoms with Crippen LogP contribution in [-0.4, -0.2) is 46.1 Å². The molecule has 0 aliphatic carbocycles. The zero-order chi connectivity index (χ0) is 30.1. The third-order valence-corrected chi connectivity index (χ3v) is 6.06. The highest BCUT2D eigenvalue weighted by molar-refractivity contribution is 5.81. The van der Waals surface area contributed by atoms with Gasteiger partial charge in [0.15, 0.2) is 0 Å². The van der Waals surface area contributed by atoms with Gasteiger partial charge in [0, 0.05) is 31.1 Å².